The van der Waals surface area contributed by atoms with Gasteiger partial charge in [0.1, 0.15) is 11.5 Å². The standard InChI is InChI=1S/C14H25N3O2.2C2H6/c1-10-7-9-16-13(10)14(19)17-8-5-4-6-12(15-3)11(2)18;2*1-2/h10,12,15H,4-9H2,1-3H3,(H,17,19);2*1-2H3. The molecule has 0 bridgehead atoms. The molecule has 2 atom stereocenters. The zero-order valence-corrected chi connectivity index (χ0v) is 16.2. The van der Waals surface area contributed by atoms with Crippen molar-refractivity contribution in [2.45, 2.75) is 73.3 Å². The second-order valence-electron chi connectivity index (χ2n) is 5.16. The molecule has 1 heterocycles. The predicted octanol–water partition coefficient (Wildman–Crippen LogP) is 2.98. The van der Waals surface area contributed by atoms with Crippen LogP contribution in [0.1, 0.15) is 67.2 Å². The molecule has 0 radical (unpaired) electrons. The van der Waals surface area contributed by atoms with Crippen LogP contribution in [-0.2, 0) is 9.59 Å². The number of carbonyl (C=O) groups excluding carboxylic acids is 2. The number of hydrogen-bond acceptors (Lipinski definition) is 4. The molecule has 0 saturated heterocycles. The zero-order valence-electron chi connectivity index (χ0n) is 16.2. The Morgan fingerprint density at radius 1 is 1.22 bits per heavy atom. The van der Waals surface area contributed by atoms with Crippen LogP contribution in [0.15, 0.2) is 4.99 Å². The number of likely N-dealkylation sites (N-methyl/N-ethyl adjacent to an activating group) is 1. The Morgan fingerprint density at radius 3 is 2.26 bits per heavy atom. The third-order valence-corrected chi connectivity index (χ3v) is 3.59. The van der Waals surface area contributed by atoms with E-state index in [-0.39, 0.29) is 23.7 Å². The van der Waals surface area contributed by atoms with Crippen molar-refractivity contribution in [3.63, 3.8) is 0 Å². The second-order valence-corrected chi connectivity index (χ2v) is 5.16. The highest BCUT2D eigenvalue weighted by Gasteiger charge is 2.22. The van der Waals surface area contributed by atoms with Gasteiger partial charge in [-0.2, -0.15) is 0 Å². The number of carbonyl (C=O) groups is 2. The molecule has 5 heteroatoms. The molecular weight excluding hydrogens is 290 g/mol. The maximum Gasteiger partial charge on any atom is 0.265 e. The summed E-state index contributed by atoms with van der Waals surface area (Å²) in [5, 5.41) is 5.90. The molecule has 2 unspecified atom stereocenters. The molecule has 2 N–H and O–H groups in total. The summed E-state index contributed by atoms with van der Waals surface area (Å²) in [5.41, 5.74) is 0.692. The molecule has 0 aromatic heterocycles. The Kier molecular flexibility index (Phi) is 16.4. The number of aliphatic imine (C=N–C) groups is 1. The minimum absolute atomic E-state index is 0.0262. The number of amides is 1. The molecule has 0 aromatic rings. The highest BCUT2D eigenvalue weighted by Crippen LogP contribution is 2.12. The topological polar surface area (TPSA) is 70.6 Å². The van der Waals surface area contributed by atoms with E-state index >= 15 is 0 Å². The quantitative estimate of drug-likeness (QED) is 0.673. The lowest BCUT2D eigenvalue weighted by Gasteiger charge is -2.12. The lowest BCUT2D eigenvalue weighted by molar-refractivity contribution is -0.119. The molecule has 1 aliphatic heterocycles. The highest BCUT2D eigenvalue weighted by atomic mass is 16.2. The van der Waals surface area contributed by atoms with Crippen molar-refractivity contribution in [2.24, 2.45) is 10.9 Å². The van der Waals surface area contributed by atoms with Gasteiger partial charge in [-0.1, -0.05) is 34.6 Å². The summed E-state index contributed by atoms with van der Waals surface area (Å²) < 4.78 is 0. The maximum atomic E-state index is 11.8. The number of ketones is 1. The molecule has 0 saturated carbocycles. The number of nitrogens with zero attached hydrogens (tertiary/aromatic N) is 1. The molecule has 0 spiro atoms. The first-order valence-electron chi connectivity index (χ1n) is 9.06. The number of nitrogens with one attached hydrogen (secondary N) is 2. The summed E-state index contributed by atoms with van der Waals surface area (Å²) >= 11 is 0. The van der Waals surface area contributed by atoms with Gasteiger partial charge in [-0.15, -0.1) is 0 Å². The van der Waals surface area contributed by atoms with E-state index < -0.39 is 0 Å². The van der Waals surface area contributed by atoms with E-state index in [4.69, 9.17) is 0 Å². The van der Waals surface area contributed by atoms with E-state index in [1.807, 2.05) is 34.6 Å². The van der Waals surface area contributed by atoms with Gasteiger partial charge in [0.15, 0.2) is 0 Å². The SMILES string of the molecule is CC.CC.CNC(CCCCNC(=O)C1=NCCC1C)C(C)=O. The number of unbranched alkanes of at least 4 members (excludes halogenated alkanes) is 1. The second kappa shape index (κ2) is 15.7. The van der Waals surface area contributed by atoms with Crippen LogP contribution in [-0.4, -0.2) is 43.6 Å². The minimum Gasteiger partial charge on any atom is -0.351 e. The molecular formula is C18H37N3O2. The summed E-state index contributed by atoms with van der Waals surface area (Å²) in [6, 6.07) is -0.0602. The van der Waals surface area contributed by atoms with Gasteiger partial charge in [-0.3, -0.25) is 14.6 Å². The van der Waals surface area contributed by atoms with Crippen LogP contribution in [0.5, 0.6) is 0 Å². The van der Waals surface area contributed by atoms with Gasteiger partial charge < -0.3 is 10.6 Å². The summed E-state index contributed by atoms with van der Waals surface area (Å²) in [5.74, 6) is 0.425. The maximum absolute atomic E-state index is 11.8. The monoisotopic (exact) mass is 327 g/mol. The Hall–Kier alpha value is -1.23. The Morgan fingerprint density at radius 2 is 1.83 bits per heavy atom. The van der Waals surface area contributed by atoms with Crippen molar-refractivity contribution in [3.8, 4) is 0 Å². The van der Waals surface area contributed by atoms with Crippen molar-refractivity contribution >= 4 is 17.4 Å². The summed E-state index contributed by atoms with van der Waals surface area (Å²) in [6.07, 6.45) is 3.61. The summed E-state index contributed by atoms with van der Waals surface area (Å²) in [4.78, 5) is 27.2. The van der Waals surface area contributed by atoms with Gasteiger partial charge in [0.25, 0.3) is 5.91 Å². The molecule has 23 heavy (non-hydrogen) atoms. The highest BCUT2D eigenvalue weighted by molar-refractivity contribution is 6.40. The average Bonchev–Trinajstić information content (AvgIpc) is 3.00. The van der Waals surface area contributed by atoms with Crippen LogP contribution in [0, 0.1) is 5.92 Å². The van der Waals surface area contributed by atoms with Gasteiger partial charge in [0.05, 0.1) is 6.04 Å². The Balaban J connectivity index is 0. The number of Topliss-reactive ketones (excluding diaryl/α,β-unsaturated/α-hetero) is 1. The van der Waals surface area contributed by atoms with Gasteiger partial charge in [0, 0.05) is 19.0 Å². The first kappa shape index (κ1) is 24.0. The molecule has 0 aromatic carbocycles. The van der Waals surface area contributed by atoms with Gasteiger partial charge in [0.2, 0.25) is 0 Å². The van der Waals surface area contributed by atoms with Crippen molar-refractivity contribution in [1.29, 1.82) is 0 Å². The number of rotatable bonds is 8. The Labute approximate surface area is 142 Å². The van der Waals surface area contributed by atoms with Crippen molar-refractivity contribution in [3.05, 3.63) is 0 Å². The van der Waals surface area contributed by atoms with Gasteiger partial charge in [-0.05, 0) is 39.7 Å². The molecule has 136 valence electrons. The molecule has 1 rings (SSSR count). The van der Waals surface area contributed by atoms with Crippen molar-refractivity contribution in [1.82, 2.24) is 10.6 Å². The first-order chi connectivity index (χ1) is 11.1. The van der Waals surface area contributed by atoms with Crippen molar-refractivity contribution < 1.29 is 9.59 Å². The lowest BCUT2D eigenvalue weighted by Crippen LogP contribution is -2.34. The van der Waals surface area contributed by atoms with Gasteiger partial charge in [-0.25, -0.2) is 0 Å². The molecule has 0 fully saturated rings. The van der Waals surface area contributed by atoms with Crippen LogP contribution >= 0.6 is 0 Å². The summed E-state index contributed by atoms with van der Waals surface area (Å²) in [6.45, 7) is 13.1. The van der Waals surface area contributed by atoms with E-state index in [9.17, 15) is 9.59 Å². The molecule has 0 aliphatic carbocycles. The van der Waals surface area contributed by atoms with Gasteiger partial charge >= 0.3 is 0 Å². The van der Waals surface area contributed by atoms with E-state index in [2.05, 4.69) is 15.6 Å². The summed E-state index contributed by atoms with van der Waals surface area (Å²) in [7, 11) is 1.80. The van der Waals surface area contributed by atoms with Crippen molar-refractivity contribution in [2.75, 3.05) is 20.1 Å². The predicted molar refractivity (Wildman–Crippen MR) is 99.2 cm³/mol. The zero-order chi connectivity index (χ0) is 18.3. The van der Waals surface area contributed by atoms with E-state index in [1.165, 1.54) is 0 Å². The van der Waals surface area contributed by atoms with Crippen LogP contribution in [0.3, 0.4) is 0 Å². The fourth-order valence-corrected chi connectivity index (χ4v) is 2.28. The fraction of sp³-hybridized carbons (Fsp3) is 0.833. The van der Waals surface area contributed by atoms with Crippen LogP contribution < -0.4 is 10.6 Å². The Bertz CT molecular complexity index is 354. The third kappa shape index (κ3) is 10.2. The molecule has 1 amide bonds. The third-order valence-electron chi connectivity index (χ3n) is 3.59. The van der Waals surface area contributed by atoms with E-state index in [1.54, 1.807) is 14.0 Å². The minimum atomic E-state index is -0.0602. The largest absolute Gasteiger partial charge is 0.351 e. The molecule has 5 nitrogen and oxygen atoms in total. The first-order valence-corrected chi connectivity index (χ1v) is 9.06. The fourth-order valence-electron chi connectivity index (χ4n) is 2.28. The van der Waals surface area contributed by atoms with E-state index in [0.29, 0.717) is 12.3 Å². The lowest BCUT2D eigenvalue weighted by atomic mass is 10.0. The normalized spacial score (nSPS) is 17.0. The number of hydrogen-bond donors (Lipinski definition) is 2. The average molecular weight is 328 g/mol. The van der Waals surface area contributed by atoms with Crippen LogP contribution in [0.25, 0.3) is 0 Å². The van der Waals surface area contributed by atoms with Crippen LogP contribution in [0.2, 0.25) is 0 Å². The van der Waals surface area contributed by atoms with Crippen LogP contribution in [0.4, 0.5) is 0 Å². The van der Waals surface area contributed by atoms with E-state index in [0.717, 1.165) is 32.2 Å². The smallest absolute Gasteiger partial charge is 0.265 e. The molecule has 1 aliphatic rings.